The van der Waals surface area contributed by atoms with E-state index in [0.717, 1.165) is 12.1 Å². The van der Waals surface area contributed by atoms with Crippen LogP contribution in [0, 0.1) is 12.3 Å². The lowest BCUT2D eigenvalue weighted by Gasteiger charge is -2.21. The molecule has 0 bridgehead atoms. The Bertz CT molecular complexity index is 461. The lowest BCUT2D eigenvalue weighted by molar-refractivity contribution is -0.137. The monoisotopic (exact) mass is 262 g/mol. The molecule has 0 fully saturated rings. The number of pyridine rings is 1. The van der Waals surface area contributed by atoms with Crippen molar-refractivity contribution in [1.29, 1.82) is 0 Å². The Labute approximate surface area is 102 Å². The van der Waals surface area contributed by atoms with Gasteiger partial charge >= 0.3 is 6.18 Å². The largest absolute Gasteiger partial charge is 0.416 e. The molecule has 0 radical (unpaired) electrons. The minimum Gasteiger partial charge on any atom is -0.354 e. The summed E-state index contributed by atoms with van der Waals surface area (Å²) in [5.41, 5.74) is -1.67. The van der Waals surface area contributed by atoms with Crippen LogP contribution < -0.4 is 5.32 Å². The van der Waals surface area contributed by atoms with Crippen LogP contribution in [-0.4, -0.2) is 10.5 Å². The van der Waals surface area contributed by atoms with Crippen molar-refractivity contribution in [3.63, 3.8) is 0 Å². The predicted molar refractivity (Wildman–Crippen MR) is 60.8 cm³/mol. The molecule has 0 saturated heterocycles. The number of terminal acetylenes is 1. The van der Waals surface area contributed by atoms with Crippen molar-refractivity contribution in [3.8, 4) is 12.3 Å². The maximum atomic E-state index is 12.5. The van der Waals surface area contributed by atoms with Crippen LogP contribution >= 0.6 is 11.6 Å². The molecular weight excluding hydrogens is 253 g/mol. The number of rotatable bonds is 2. The van der Waals surface area contributed by atoms with E-state index in [2.05, 4.69) is 16.2 Å². The lowest BCUT2D eigenvalue weighted by atomic mass is 10.1. The number of hydrogen-bond acceptors (Lipinski definition) is 2. The Morgan fingerprint density at radius 1 is 1.35 bits per heavy atom. The standard InChI is InChI=1S/C11H10ClF3N2/c1-4-10(2,3)17-9-6-7(11(13,14)15)5-8(12)16-9/h1,5-6H,2-3H3,(H,16,17). The van der Waals surface area contributed by atoms with Gasteiger partial charge < -0.3 is 5.32 Å². The Morgan fingerprint density at radius 2 is 1.94 bits per heavy atom. The van der Waals surface area contributed by atoms with Gasteiger partial charge in [-0.3, -0.25) is 0 Å². The van der Waals surface area contributed by atoms with Crippen LogP contribution in [0.1, 0.15) is 19.4 Å². The summed E-state index contributed by atoms with van der Waals surface area (Å²) in [5, 5.41) is 2.45. The fourth-order valence-corrected chi connectivity index (χ4v) is 1.29. The van der Waals surface area contributed by atoms with Crippen LogP contribution in [0.15, 0.2) is 12.1 Å². The van der Waals surface area contributed by atoms with E-state index >= 15 is 0 Å². The Morgan fingerprint density at radius 3 is 2.41 bits per heavy atom. The molecule has 1 aromatic rings. The number of nitrogens with zero attached hydrogens (tertiary/aromatic N) is 1. The second-order valence-electron chi connectivity index (χ2n) is 3.96. The van der Waals surface area contributed by atoms with Crippen molar-refractivity contribution in [2.45, 2.75) is 25.6 Å². The van der Waals surface area contributed by atoms with E-state index in [1.165, 1.54) is 0 Å². The molecule has 1 aromatic heterocycles. The van der Waals surface area contributed by atoms with Gasteiger partial charge in [-0.2, -0.15) is 13.2 Å². The highest BCUT2D eigenvalue weighted by atomic mass is 35.5. The second-order valence-corrected chi connectivity index (χ2v) is 4.34. The SMILES string of the molecule is C#CC(C)(C)Nc1cc(C(F)(F)F)cc(Cl)n1. The van der Waals surface area contributed by atoms with Gasteiger partial charge in [-0.25, -0.2) is 4.98 Å². The zero-order chi connectivity index (χ0) is 13.3. The van der Waals surface area contributed by atoms with Crippen molar-refractivity contribution in [3.05, 3.63) is 22.8 Å². The van der Waals surface area contributed by atoms with Gasteiger partial charge in [-0.1, -0.05) is 17.5 Å². The summed E-state index contributed by atoms with van der Waals surface area (Å²) < 4.78 is 37.5. The molecule has 0 aromatic carbocycles. The quantitative estimate of drug-likeness (QED) is 0.651. The van der Waals surface area contributed by atoms with Crippen molar-refractivity contribution in [1.82, 2.24) is 4.98 Å². The minimum absolute atomic E-state index is 0.00669. The van der Waals surface area contributed by atoms with Gasteiger partial charge in [0.2, 0.25) is 0 Å². The van der Waals surface area contributed by atoms with E-state index in [0.29, 0.717) is 0 Å². The zero-order valence-corrected chi connectivity index (χ0v) is 9.95. The summed E-state index contributed by atoms with van der Waals surface area (Å²) in [5.74, 6) is 2.39. The van der Waals surface area contributed by atoms with Crippen LogP contribution in [0.5, 0.6) is 0 Å². The van der Waals surface area contributed by atoms with Gasteiger partial charge in [0.15, 0.2) is 0 Å². The molecule has 1 rings (SSSR count). The third-order valence-corrected chi connectivity index (χ3v) is 2.12. The van der Waals surface area contributed by atoms with Crippen LogP contribution in [0.4, 0.5) is 19.0 Å². The summed E-state index contributed by atoms with van der Waals surface area (Å²) in [7, 11) is 0. The van der Waals surface area contributed by atoms with E-state index in [1.54, 1.807) is 13.8 Å². The van der Waals surface area contributed by atoms with Crippen LogP contribution in [0.2, 0.25) is 5.15 Å². The fourth-order valence-electron chi connectivity index (χ4n) is 1.08. The fraction of sp³-hybridized carbons (Fsp3) is 0.364. The average Bonchev–Trinajstić information content (AvgIpc) is 2.14. The Kier molecular flexibility index (Phi) is 3.58. The Hall–Kier alpha value is -1.41. The highest BCUT2D eigenvalue weighted by Gasteiger charge is 2.32. The van der Waals surface area contributed by atoms with E-state index < -0.39 is 17.3 Å². The molecular formula is C11H10ClF3N2. The van der Waals surface area contributed by atoms with Crippen molar-refractivity contribution < 1.29 is 13.2 Å². The molecule has 1 heterocycles. The number of halogens is 4. The van der Waals surface area contributed by atoms with Gasteiger partial charge in [-0.15, -0.1) is 6.42 Å². The molecule has 0 aliphatic heterocycles. The first-order valence-electron chi connectivity index (χ1n) is 4.65. The number of nitrogens with one attached hydrogen (secondary N) is 1. The van der Waals surface area contributed by atoms with E-state index in [-0.39, 0.29) is 11.0 Å². The smallest absolute Gasteiger partial charge is 0.354 e. The van der Waals surface area contributed by atoms with Gasteiger partial charge in [-0.05, 0) is 26.0 Å². The highest BCUT2D eigenvalue weighted by Crippen LogP contribution is 2.32. The minimum atomic E-state index is -4.47. The van der Waals surface area contributed by atoms with E-state index in [1.807, 2.05) is 0 Å². The summed E-state index contributed by atoms with van der Waals surface area (Å²) in [4.78, 5) is 3.74. The molecule has 1 N–H and O–H groups in total. The summed E-state index contributed by atoms with van der Waals surface area (Å²) in [6.07, 6.45) is 0.752. The van der Waals surface area contributed by atoms with Crippen molar-refractivity contribution in [2.75, 3.05) is 5.32 Å². The molecule has 0 aliphatic rings. The van der Waals surface area contributed by atoms with Crippen LogP contribution in [-0.2, 0) is 6.18 Å². The molecule has 0 saturated carbocycles. The van der Waals surface area contributed by atoms with Crippen molar-refractivity contribution in [2.24, 2.45) is 0 Å². The summed E-state index contributed by atoms with van der Waals surface area (Å²) >= 11 is 5.53. The third-order valence-electron chi connectivity index (χ3n) is 1.92. The molecule has 0 unspecified atom stereocenters. The first-order valence-corrected chi connectivity index (χ1v) is 5.02. The van der Waals surface area contributed by atoms with Gasteiger partial charge in [0.05, 0.1) is 11.1 Å². The van der Waals surface area contributed by atoms with Crippen LogP contribution in [0.25, 0.3) is 0 Å². The molecule has 6 heteroatoms. The third kappa shape index (κ3) is 3.82. The van der Waals surface area contributed by atoms with Gasteiger partial charge in [0, 0.05) is 0 Å². The van der Waals surface area contributed by atoms with Gasteiger partial charge in [0.1, 0.15) is 11.0 Å². The number of alkyl halides is 3. The molecule has 17 heavy (non-hydrogen) atoms. The maximum absolute atomic E-state index is 12.5. The lowest BCUT2D eigenvalue weighted by Crippen LogP contribution is -2.29. The maximum Gasteiger partial charge on any atom is 0.416 e. The van der Waals surface area contributed by atoms with E-state index in [9.17, 15) is 13.2 Å². The van der Waals surface area contributed by atoms with Gasteiger partial charge in [0.25, 0.3) is 0 Å². The summed E-state index contributed by atoms with van der Waals surface area (Å²) in [6.45, 7) is 3.28. The molecule has 92 valence electrons. The zero-order valence-electron chi connectivity index (χ0n) is 9.19. The Balaban J connectivity index is 3.12. The normalized spacial score (nSPS) is 12.1. The number of hydrogen-bond donors (Lipinski definition) is 1. The first kappa shape index (κ1) is 13.7. The second kappa shape index (κ2) is 4.46. The molecule has 0 amide bonds. The number of anilines is 1. The van der Waals surface area contributed by atoms with Crippen molar-refractivity contribution >= 4 is 17.4 Å². The first-order chi connectivity index (χ1) is 7.64. The average molecular weight is 263 g/mol. The van der Waals surface area contributed by atoms with E-state index in [4.69, 9.17) is 18.0 Å². The predicted octanol–water partition coefficient (Wildman–Crippen LogP) is 3.58. The molecule has 0 spiro atoms. The topological polar surface area (TPSA) is 24.9 Å². The molecule has 0 aliphatic carbocycles. The highest BCUT2D eigenvalue weighted by molar-refractivity contribution is 6.29. The summed E-state index contributed by atoms with van der Waals surface area (Å²) in [6, 6.07) is 1.63. The van der Waals surface area contributed by atoms with Crippen LogP contribution in [0.3, 0.4) is 0 Å². The molecule has 0 atom stereocenters. The molecule has 2 nitrogen and oxygen atoms in total. The number of aromatic nitrogens is 1.